The van der Waals surface area contributed by atoms with E-state index in [1.807, 2.05) is 49.4 Å². The zero-order valence-corrected chi connectivity index (χ0v) is 17.5. The molecule has 31 heavy (non-hydrogen) atoms. The number of hydrogen-bond acceptors (Lipinski definition) is 5. The number of nitrogens with two attached hydrogens (primary N) is 1. The Hall–Kier alpha value is -3.58. The van der Waals surface area contributed by atoms with Crippen LogP contribution >= 0.6 is 0 Å². The number of halogens is 1. The van der Waals surface area contributed by atoms with Crippen LogP contribution < -0.4 is 16.0 Å². The third kappa shape index (κ3) is 5.96. The van der Waals surface area contributed by atoms with Gasteiger partial charge in [-0.1, -0.05) is 24.3 Å². The number of nitrogens with zero attached hydrogens (tertiary/aromatic N) is 3. The first-order chi connectivity index (χ1) is 15.1. The van der Waals surface area contributed by atoms with Crippen molar-refractivity contribution in [1.82, 2.24) is 9.97 Å². The number of pyridine rings is 2. The largest absolute Gasteiger partial charge is 0.368 e. The Morgan fingerprint density at radius 3 is 2.81 bits per heavy atom. The van der Waals surface area contributed by atoms with Crippen molar-refractivity contribution >= 4 is 24.0 Å². The molecule has 0 saturated heterocycles. The highest BCUT2D eigenvalue weighted by molar-refractivity contribution is 5.82. The monoisotopic (exact) mass is 419 g/mol. The number of anilines is 2. The van der Waals surface area contributed by atoms with Gasteiger partial charge in [0, 0.05) is 19.3 Å². The first kappa shape index (κ1) is 22.1. The molecule has 0 atom stereocenters. The molecule has 0 aliphatic carbocycles. The molecule has 6 nitrogen and oxygen atoms in total. The highest BCUT2D eigenvalue weighted by Crippen LogP contribution is 2.26. The number of carbonyl (C=O) groups excluding carboxylic acids is 1. The van der Waals surface area contributed by atoms with Crippen molar-refractivity contribution in [3.8, 4) is 0 Å². The maximum atomic E-state index is 13.4. The molecule has 0 bridgehead atoms. The second-order valence-corrected chi connectivity index (χ2v) is 6.96. The Morgan fingerprint density at radius 1 is 1.19 bits per heavy atom. The van der Waals surface area contributed by atoms with Crippen LogP contribution in [-0.2, 0) is 24.3 Å². The molecule has 2 heterocycles. The summed E-state index contributed by atoms with van der Waals surface area (Å²) < 4.78 is 13.4. The first-order valence-corrected chi connectivity index (χ1v) is 10.1. The Balaban J connectivity index is 1.84. The number of allylic oxidation sites excluding steroid dienone is 1. The van der Waals surface area contributed by atoms with Crippen LogP contribution in [0.4, 0.5) is 15.9 Å². The molecule has 3 rings (SSSR count). The Morgan fingerprint density at radius 2 is 2.06 bits per heavy atom. The minimum Gasteiger partial charge on any atom is -0.368 e. The summed E-state index contributed by atoms with van der Waals surface area (Å²) in [4.78, 5) is 22.5. The average Bonchev–Trinajstić information content (AvgIpc) is 2.78. The van der Waals surface area contributed by atoms with Gasteiger partial charge < -0.3 is 16.0 Å². The van der Waals surface area contributed by atoms with Gasteiger partial charge in [0.15, 0.2) is 5.82 Å². The van der Waals surface area contributed by atoms with E-state index in [9.17, 15) is 9.18 Å². The van der Waals surface area contributed by atoms with Crippen LogP contribution in [0.15, 0.2) is 60.8 Å². The quantitative estimate of drug-likeness (QED) is 0.487. The standard InChI is InChI=1S/C24H26FN5O/c1-2-5-21-9-10-23(30(17-31)16-19-7-4-12-27-22(19)15-26)24(29-21)28-13-11-18-6-3-8-20(25)14-18/h2-10,12,14,17H,11,13,15-16,26H2,1H3,(H,28,29)/b5-2+. The number of benzene rings is 1. The Labute approximate surface area is 181 Å². The fraction of sp³-hybridized carbons (Fsp3) is 0.208. The predicted octanol–water partition coefficient (Wildman–Crippen LogP) is 3.93. The van der Waals surface area contributed by atoms with Crippen LogP contribution in [0, 0.1) is 5.82 Å². The lowest BCUT2D eigenvalue weighted by Crippen LogP contribution is -2.24. The van der Waals surface area contributed by atoms with Gasteiger partial charge in [-0.2, -0.15) is 0 Å². The molecule has 0 unspecified atom stereocenters. The molecule has 0 spiro atoms. The van der Waals surface area contributed by atoms with Gasteiger partial charge in [-0.3, -0.25) is 9.78 Å². The molecule has 160 valence electrons. The molecule has 2 aromatic heterocycles. The number of carbonyl (C=O) groups is 1. The van der Waals surface area contributed by atoms with Crippen molar-refractivity contribution in [2.45, 2.75) is 26.4 Å². The van der Waals surface area contributed by atoms with Crippen molar-refractivity contribution in [3.05, 3.63) is 89.1 Å². The van der Waals surface area contributed by atoms with E-state index in [0.717, 1.165) is 28.9 Å². The van der Waals surface area contributed by atoms with Crippen LogP contribution in [0.25, 0.3) is 6.08 Å². The summed E-state index contributed by atoms with van der Waals surface area (Å²) in [6.07, 6.45) is 6.87. The molecule has 0 aliphatic rings. The third-order valence-corrected chi connectivity index (χ3v) is 4.78. The highest BCUT2D eigenvalue weighted by atomic mass is 19.1. The van der Waals surface area contributed by atoms with Crippen LogP contribution in [0.5, 0.6) is 0 Å². The summed E-state index contributed by atoms with van der Waals surface area (Å²) in [6.45, 7) is 3.07. The maximum absolute atomic E-state index is 13.4. The highest BCUT2D eigenvalue weighted by Gasteiger charge is 2.15. The molecule has 0 saturated carbocycles. The molecule has 3 N–H and O–H groups in total. The van der Waals surface area contributed by atoms with E-state index in [1.165, 1.54) is 12.1 Å². The van der Waals surface area contributed by atoms with E-state index in [2.05, 4.69) is 15.3 Å². The van der Waals surface area contributed by atoms with E-state index in [1.54, 1.807) is 17.2 Å². The lowest BCUT2D eigenvalue weighted by Gasteiger charge is -2.22. The Kier molecular flexibility index (Phi) is 7.84. The number of hydrogen-bond donors (Lipinski definition) is 2. The van der Waals surface area contributed by atoms with Crippen molar-refractivity contribution in [2.24, 2.45) is 5.73 Å². The molecule has 0 radical (unpaired) electrons. The van der Waals surface area contributed by atoms with E-state index >= 15 is 0 Å². The fourth-order valence-electron chi connectivity index (χ4n) is 3.27. The lowest BCUT2D eigenvalue weighted by atomic mass is 10.1. The molecule has 7 heteroatoms. The Bertz CT molecular complexity index is 1050. The maximum Gasteiger partial charge on any atom is 0.214 e. The average molecular weight is 420 g/mol. The van der Waals surface area contributed by atoms with Gasteiger partial charge in [0.2, 0.25) is 6.41 Å². The van der Waals surface area contributed by atoms with Crippen LogP contribution in [-0.4, -0.2) is 22.9 Å². The summed E-state index contributed by atoms with van der Waals surface area (Å²) in [6, 6.07) is 14.0. The smallest absolute Gasteiger partial charge is 0.214 e. The molecule has 1 amide bonds. The fourth-order valence-corrected chi connectivity index (χ4v) is 3.27. The van der Waals surface area contributed by atoms with Gasteiger partial charge in [0.25, 0.3) is 0 Å². The summed E-state index contributed by atoms with van der Waals surface area (Å²) in [7, 11) is 0. The van der Waals surface area contributed by atoms with Gasteiger partial charge in [-0.15, -0.1) is 0 Å². The van der Waals surface area contributed by atoms with Gasteiger partial charge in [0.05, 0.1) is 23.6 Å². The first-order valence-electron chi connectivity index (χ1n) is 10.1. The van der Waals surface area contributed by atoms with Crippen LogP contribution in [0.2, 0.25) is 0 Å². The van der Waals surface area contributed by atoms with E-state index in [-0.39, 0.29) is 5.82 Å². The third-order valence-electron chi connectivity index (χ3n) is 4.78. The minimum absolute atomic E-state index is 0.259. The molecule has 0 aliphatic heterocycles. The van der Waals surface area contributed by atoms with Crippen LogP contribution in [0.3, 0.4) is 0 Å². The van der Waals surface area contributed by atoms with Crippen molar-refractivity contribution in [3.63, 3.8) is 0 Å². The lowest BCUT2D eigenvalue weighted by molar-refractivity contribution is -0.107. The summed E-state index contributed by atoms with van der Waals surface area (Å²) >= 11 is 0. The van der Waals surface area contributed by atoms with Crippen molar-refractivity contribution in [1.29, 1.82) is 0 Å². The van der Waals surface area contributed by atoms with E-state index in [0.29, 0.717) is 37.6 Å². The molecular weight excluding hydrogens is 393 g/mol. The zero-order valence-electron chi connectivity index (χ0n) is 17.5. The van der Waals surface area contributed by atoms with E-state index < -0.39 is 0 Å². The molecule has 3 aromatic rings. The van der Waals surface area contributed by atoms with Crippen LogP contribution in [0.1, 0.15) is 29.4 Å². The second kappa shape index (κ2) is 11.0. The van der Waals surface area contributed by atoms with Crippen molar-refractivity contribution < 1.29 is 9.18 Å². The summed E-state index contributed by atoms with van der Waals surface area (Å²) in [5, 5.41) is 3.30. The zero-order chi connectivity index (χ0) is 22.1. The summed E-state index contributed by atoms with van der Waals surface area (Å²) in [5.41, 5.74) is 9.72. The number of aromatic nitrogens is 2. The predicted molar refractivity (Wildman–Crippen MR) is 122 cm³/mol. The topological polar surface area (TPSA) is 84.1 Å². The normalized spacial score (nSPS) is 10.9. The van der Waals surface area contributed by atoms with Gasteiger partial charge in [-0.05, 0) is 60.9 Å². The number of amides is 1. The number of rotatable bonds is 10. The number of nitrogens with one attached hydrogen (secondary N) is 1. The van der Waals surface area contributed by atoms with Gasteiger partial charge in [-0.25, -0.2) is 9.37 Å². The molecular formula is C24H26FN5O. The summed E-state index contributed by atoms with van der Waals surface area (Å²) in [5.74, 6) is 0.322. The van der Waals surface area contributed by atoms with E-state index in [4.69, 9.17) is 5.73 Å². The van der Waals surface area contributed by atoms with Gasteiger partial charge >= 0.3 is 0 Å². The molecule has 0 fully saturated rings. The van der Waals surface area contributed by atoms with Crippen molar-refractivity contribution in [2.75, 3.05) is 16.8 Å². The second-order valence-electron chi connectivity index (χ2n) is 6.96. The SMILES string of the molecule is C/C=C/c1ccc(N(C=O)Cc2cccnc2CN)c(NCCc2cccc(F)c2)n1. The molecule has 1 aromatic carbocycles. The minimum atomic E-state index is -0.259. The van der Waals surface area contributed by atoms with Gasteiger partial charge in [0.1, 0.15) is 5.82 Å².